The van der Waals surface area contributed by atoms with Crippen molar-refractivity contribution >= 4 is 5.91 Å². The molecule has 1 saturated heterocycles. The number of oxazole rings is 1. The molecule has 6 nitrogen and oxygen atoms in total. The lowest BCUT2D eigenvalue weighted by atomic mass is 9.75. The maximum absolute atomic E-state index is 12.3. The van der Waals surface area contributed by atoms with Crippen LogP contribution in [0.4, 0.5) is 0 Å². The van der Waals surface area contributed by atoms with Crippen LogP contribution in [-0.4, -0.2) is 52.4 Å². The summed E-state index contributed by atoms with van der Waals surface area (Å²) in [5.41, 5.74) is 6.91. The molecule has 0 radical (unpaired) electrons. The second-order valence-electron chi connectivity index (χ2n) is 6.80. The van der Waals surface area contributed by atoms with E-state index in [1.54, 1.807) is 0 Å². The van der Waals surface area contributed by atoms with Crippen LogP contribution in [0.15, 0.2) is 4.42 Å². The molecule has 0 spiro atoms. The van der Waals surface area contributed by atoms with E-state index in [-0.39, 0.29) is 11.4 Å². The highest BCUT2D eigenvalue weighted by molar-refractivity contribution is 5.77. The first kappa shape index (κ1) is 15.5. The third-order valence-electron chi connectivity index (χ3n) is 5.01. The lowest BCUT2D eigenvalue weighted by Crippen LogP contribution is -2.54. The van der Waals surface area contributed by atoms with Crippen molar-refractivity contribution in [3.05, 3.63) is 17.3 Å². The molecule has 1 aromatic rings. The normalized spacial score (nSPS) is 21.7. The number of aromatic nitrogens is 1. The van der Waals surface area contributed by atoms with Crippen molar-refractivity contribution in [1.29, 1.82) is 0 Å². The molecule has 0 aromatic carbocycles. The van der Waals surface area contributed by atoms with E-state index < -0.39 is 0 Å². The van der Waals surface area contributed by atoms with E-state index in [0.717, 1.165) is 69.3 Å². The fourth-order valence-corrected chi connectivity index (χ4v) is 3.17. The van der Waals surface area contributed by atoms with Gasteiger partial charge in [0.15, 0.2) is 0 Å². The van der Waals surface area contributed by atoms with Crippen molar-refractivity contribution in [3.8, 4) is 0 Å². The van der Waals surface area contributed by atoms with Crippen molar-refractivity contribution < 1.29 is 9.21 Å². The van der Waals surface area contributed by atoms with Gasteiger partial charge >= 0.3 is 0 Å². The molecule has 1 saturated carbocycles. The molecule has 2 N–H and O–H groups in total. The van der Waals surface area contributed by atoms with Crippen molar-refractivity contribution in [2.24, 2.45) is 5.73 Å². The van der Waals surface area contributed by atoms with Gasteiger partial charge in [0.1, 0.15) is 5.76 Å². The first-order valence-corrected chi connectivity index (χ1v) is 8.17. The van der Waals surface area contributed by atoms with Gasteiger partial charge < -0.3 is 15.1 Å². The van der Waals surface area contributed by atoms with Gasteiger partial charge in [-0.3, -0.25) is 9.69 Å². The minimum absolute atomic E-state index is 0.213. The summed E-state index contributed by atoms with van der Waals surface area (Å²) in [4.78, 5) is 21.0. The first-order chi connectivity index (χ1) is 10.5. The molecular formula is C16H26N4O2. The largest absolute Gasteiger partial charge is 0.444 e. The SMILES string of the molecule is Cc1nc(CN2CCN(C(=O)CC3(N)CCC3)CC2)oc1C. The zero-order chi connectivity index (χ0) is 15.7. The summed E-state index contributed by atoms with van der Waals surface area (Å²) in [7, 11) is 0. The van der Waals surface area contributed by atoms with Crippen molar-refractivity contribution in [2.75, 3.05) is 26.2 Å². The molecule has 0 unspecified atom stereocenters. The fraction of sp³-hybridized carbons (Fsp3) is 0.750. The van der Waals surface area contributed by atoms with E-state index in [1.165, 1.54) is 0 Å². The number of carbonyl (C=O) groups is 1. The Kier molecular flexibility index (Phi) is 4.23. The summed E-state index contributed by atoms with van der Waals surface area (Å²) in [6, 6.07) is 0. The number of hydrogen-bond acceptors (Lipinski definition) is 5. The molecule has 1 aliphatic heterocycles. The maximum atomic E-state index is 12.3. The van der Waals surface area contributed by atoms with Gasteiger partial charge in [-0.25, -0.2) is 4.98 Å². The summed E-state index contributed by atoms with van der Waals surface area (Å²) in [6.07, 6.45) is 3.64. The Hall–Kier alpha value is -1.40. The minimum Gasteiger partial charge on any atom is -0.444 e. The molecule has 0 bridgehead atoms. The van der Waals surface area contributed by atoms with Crippen LogP contribution in [0, 0.1) is 13.8 Å². The minimum atomic E-state index is -0.221. The van der Waals surface area contributed by atoms with E-state index in [2.05, 4.69) is 9.88 Å². The number of amides is 1. The van der Waals surface area contributed by atoms with Crippen LogP contribution in [0.25, 0.3) is 0 Å². The Morgan fingerprint density at radius 3 is 2.45 bits per heavy atom. The third kappa shape index (κ3) is 3.33. The van der Waals surface area contributed by atoms with Crippen molar-refractivity contribution in [1.82, 2.24) is 14.8 Å². The number of hydrogen-bond donors (Lipinski definition) is 1. The molecule has 122 valence electrons. The lowest BCUT2D eigenvalue weighted by Gasteiger charge is -2.40. The van der Waals surface area contributed by atoms with Gasteiger partial charge in [-0.05, 0) is 33.1 Å². The Morgan fingerprint density at radius 2 is 1.95 bits per heavy atom. The maximum Gasteiger partial charge on any atom is 0.224 e. The third-order valence-corrected chi connectivity index (χ3v) is 5.01. The highest BCUT2D eigenvalue weighted by Gasteiger charge is 2.36. The number of carbonyl (C=O) groups excluding carboxylic acids is 1. The topological polar surface area (TPSA) is 75.6 Å². The molecule has 3 rings (SSSR count). The molecule has 2 fully saturated rings. The molecule has 2 aliphatic rings. The quantitative estimate of drug-likeness (QED) is 0.905. The van der Waals surface area contributed by atoms with Crippen molar-refractivity contribution in [2.45, 2.75) is 51.6 Å². The van der Waals surface area contributed by atoms with Crippen LogP contribution < -0.4 is 5.73 Å². The second-order valence-corrected chi connectivity index (χ2v) is 6.80. The van der Waals surface area contributed by atoms with Crippen LogP contribution in [0.1, 0.15) is 43.0 Å². The monoisotopic (exact) mass is 306 g/mol. The Labute approximate surface area is 131 Å². The summed E-state index contributed by atoms with van der Waals surface area (Å²) < 4.78 is 5.63. The highest BCUT2D eigenvalue weighted by atomic mass is 16.4. The van der Waals surface area contributed by atoms with E-state index >= 15 is 0 Å². The van der Waals surface area contributed by atoms with Gasteiger partial charge in [-0.1, -0.05) is 0 Å². The molecule has 2 heterocycles. The van der Waals surface area contributed by atoms with Gasteiger partial charge in [-0.15, -0.1) is 0 Å². The van der Waals surface area contributed by atoms with Crippen molar-refractivity contribution in [3.63, 3.8) is 0 Å². The van der Waals surface area contributed by atoms with Crippen LogP contribution in [0.5, 0.6) is 0 Å². The lowest BCUT2D eigenvalue weighted by molar-refractivity contribution is -0.135. The van der Waals surface area contributed by atoms with E-state index in [1.807, 2.05) is 18.7 Å². The van der Waals surface area contributed by atoms with E-state index in [0.29, 0.717) is 6.42 Å². The Bertz CT molecular complexity index is 523. The highest BCUT2D eigenvalue weighted by Crippen LogP contribution is 2.32. The van der Waals surface area contributed by atoms with Crippen LogP contribution in [-0.2, 0) is 11.3 Å². The summed E-state index contributed by atoms with van der Waals surface area (Å²) in [5, 5.41) is 0. The average Bonchev–Trinajstić information content (AvgIpc) is 2.76. The van der Waals surface area contributed by atoms with Gasteiger partial charge in [0.05, 0.1) is 12.2 Å². The van der Waals surface area contributed by atoms with Gasteiger partial charge in [0.2, 0.25) is 11.8 Å². The van der Waals surface area contributed by atoms with Crippen LogP contribution in [0.2, 0.25) is 0 Å². The molecule has 22 heavy (non-hydrogen) atoms. The zero-order valence-corrected chi connectivity index (χ0v) is 13.6. The molecule has 1 aliphatic carbocycles. The Morgan fingerprint density at radius 1 is 1.27 bits per heavy atom. The summed E-state index contributed by atoms with van der Waals surface area (Å²) in [6.45, 7) is 7.89. The van der Waals surface area contributed by atoms with Crippen LogP contribution in [0.3, 0.4) is 0 Å². The number of piperazine rings is 1. The second kappa shape index (κ2) is 6.01. The number of nitrogens with zero attached hydrogens (tertiary/aromatic N) is 3. The fourth-order valence-electron chi connectivity index (χ4n) is 3.17. The molecule has 0 atom stereocenters. The summed E-state index contributed by atoms with van der Waals surface area (Å²) >= 11 is 0. The van der Waals surface area contributed by atoms with E-state index in [9.17, 15) is 4.79 Å². The van der Waals surface area contributed by atoms with E-state index in [4.69, 9.17) is 10.2 Å². The molecular weight excluding hydrogens is 280 g/mol. The number of nitrogens with two attached hydrogens (primary N) is 1. The average molecular weight is 306 g/mol. The predicted octanol–water partition coefficient (Wildman–Crippen LogP) is 1.21. The first-order valence-electron chi connectivity index (χ1n) is 8.17. The van der Waals surface area contributed by atoms with Gasteiger partial charge in [-0.2, -0.15) is 0 Å². The number of aryl methyl sites for hydroxylation is 2. The zero-order valence-electron chi connectivity index (χ0n) is 13.6. The summed E-state index contributed by atoms with van der Waals surface area (Å²) in [5.74, 6) is 1.87. The van der Waals surface area contributed by atoms with Gasteiger partial charge in [0.25, 0.3) is 0 Å². The van der Waals surface area contributed by atoms with Crippen LogP contribution >= 0.6 is 0 Å². The Balaban J connectivity index is 1.46. The molecule has 1 amide bonds. The molecule has 6 heteroatoms. The van der Waals surface area contributed by atoms with Gasteiger partial charge in [0, 0.05) is 38.1 Å². The predicted molar refractivity (Wildman–Crippen MR) is 83.2 cm³/mol. The smallest absolute Gasteiger partial charge is 0.224 e. The number of rotatable bonds is 4. The molecule has 1 aromatic heterocycles. The standard InChI is InChI=1S/C16H26N4O2/c1-12-13(2)22-14(18-12)11-19-6-8-20(9-7-19)15(21)10-16(17)4-3-5-16/h3-11,17H2,1-2H3.